The van der Waals surface area contributed by atoms with Crippen LogP contribution in [-0.2, 0) is 0 Å². The summed E-state index contributed by atoms with van der Waals surface area (Å²) in [6.07, 6.45) is 8.53. The van der Waals surface area contributed by atoms with Gasteiger partial charge in [0.1, 0.15) is 34.5 Å². The molecule has 0 aliphatic rings. The summed E-state index contributed by atoms with van der Waals surface area (Å²) in [5, 5.41) is 0. The third-order valence-electron chi connectivity index (χ3n) is 5.37. The van der Waals surface area contributed by atoms with E-state index >= 15 is 0 Å². The van der Waals surface area contributed by atoms with Gasteiger partial charge < -0.3 is 28.2 Å². The fourth-order valence-electron chi connectivity index (χ4n) is 3.44. The van der Waals surface area contributed by atoms with Crippen molar-refractivity contribution in [3.63, 3.8) is 0 Å². The predicted octanol–water partition coefficient (Wildman–Crippen LogP) is 5.96. The minimum atomic E-state index is -1.33. The van der Waals surface area contributed by atoms with Gasteiger partial charge >= 0.3 is 25.4 Å². The van der Waals surface area contributed by atoms with E-state index in [1.54, 1.807) is 36.4 Å². The van der Waals surface area contributed by atoms with E-state index in [2.05, 4.69) is 29.9 Å². The second kappa shape index (κ2) is 13.4. The molecule has 0 N–H and O–H groups in total. The van der Waals surface area contributed by atoms with E-state index in [1.165, 1.54) is 37.2 Å². The first-order chi connectivity index (χ1) is 21.2. The molecule has 3 aromatic carbocycles. The van der Waals surface area contributed by atoms with E-state index in [0.717, 1.165) is 0 Å². The van der Waals surface area contributed by atoms with Crippen LogP contribution in [0.4, 0.5) is 0 Å². The second-order valence-corrected chi connectivity index (χ2v) is 8.49. The van der Waals surface area contributed by atoms with Crippen LogP contribution in [0.5, 0.6) is 52.5 Å². The smallest absolute Gasteiger partial charge is 0.487 e. The normalized spacial score (nSPS) is 10.3. The first-order valence-corrected chi connectivity index (χ1v) is 12.9. The van der Waals surface area contributed by atoms with Gasteiger partial charge in [0.05, 0.1) is 37.2 Å². The molecule has 6 aromatic rings. The molecule has 6 rings (SSSR count). The standard InChI is InChI=1S/C30H21BN6O6/c1-4-10-22(11-5-1)38-28-32-16-25(17-33-28)41-31(42-26-18-34-29(35-19-26)39-23-12-6-2-7-13-23)43-27-20-36-30(37-21-27)40-24-14-8-3-9-15-24/h1-21H. The number of benzene rings is 3. The Bertz CT molecular complexity index is 1500. The number of aromatic nitrogens is 6. The van der Waals surface area contributed by atoms with Crippen molar-refractivity contribution in [1.82, 2.24) is 29.9 Å². The number of rotatable bonds is 12. The van der Waals surface area contributed by atoms with E-state index in [4.69, 9.17) is 28.2 Å². The van der Waals surface area contributed by atoms with Crippen molar-refractivity contribution in [2.75, 3.05) is 0 Å². The molecule has 43 heavy (non-hydrogen) atoms. The molecule has 0 bridgehead atoms. The van der Waals surface area contributed by atoms with Gasteiger partial charge in [-0.15, -0.1) is 0 Å². The molecule has 0 saturated heterocycles. The van der Waals surface area contributed by atoms with Gasteiger partial charge in [-0.2, -0.15) is 29.9 Å². The topological polar surface area (TPSA) is 133 Å². The number of para-hydroxylation sites is 3. The Kier molecular flexibility index (Phi) is 8.41. The molecule has 0 radical (unpaired) electrons. The monoisotopic (exact) mass is 572 g/mol. The Balaban J connectivity index is 1.15. The van der Waals surface area contributed by atoms with E-state index in [0.29, 0.717) is 17.2 Å². The molecule has 13 heteroatoms. The van der Waals surface area contributed by atoms with Crippen LogP contribution in [0.25, 0.3) is 0 Å². The Labute approximate surface area is 246 Å². The molecule has 3 aromatic heterocycles. The molecule has 0 amide bonds. The van der Waals surface area contributed by atoms with Gasteiger partial charge in [-0.25, -0.2) is 0 Å². The Hall–Kier alpha value is -6.24. The fourth-order valence-corrected chi connectivity index (χ4v) is 3.44. The maximum atomic E-state index is 5.88. The summed E-state index contributed by atoms with van der Waals surface area (Å²) in [5.74, 6) is 2.50. The predicted molar refractivity (Wildman–Crippen MR) is 153 cm³/mol. The third-order valence-corrected chi connectivity index (χ3v) is 5.37. The molecule has 0 aliphatic carbocycles. The van der Waals surface area contributed by atoms with E-state index < -0.39 is 7.32 Å². The Morgan fingerprint density at radius 3 is 0.837 bits per heavy atom. The van der Waals surface area contributed by atoms with Crippen LogP contribution in [0.15, 0.2) is 128 Å². The summed E-state index contributed by atoms with van der Waals surface area (Å²) in [5.41, 5.74) is 0. The quantitative estimate of drug-likeness (QED) is 0.160. The van der Waals surface area contributed by atoms with Crippen LogP contribution in [0.2, 0.25) is 0 Å². The number of nitrogens with zero attached hydrogens (tertiary/aromatic N) is 6. The highest BCUT2D eigenvalue weighted by atomic mass is 16.7. The SMILES string of the molecule is c1ccc(Oc2ncc(OB(Oc3cnc(Oc4ccccc4)nc3)Oc3cnc(Oc4ccccc4)nc3)cn2)cc1. The van der Waals surface area contributed by atoms with Crippen molar-refractivity contribution in [3.8, 4) is 52.5 Å². The summed E-state index contributed by atoms with van der Waals surface area (Å²) in [7, 11) is -1.33. The molecule has 0 atom stereocenters. The average molecular weight is 572 g/mol. The van der Waals surface area contributed by atoms with Gasteiger partial charge in [-0.05, 0) is 36.4 Å². The van der Waals surface area contributed by atoms with E-state index in [-0.39, 0.29) is 35.3 Å². The summed E-state index contributed by atoms with van der Waals surface area (Å²) >= 11 is 0. The zero-order chi connectivity index (χ0) is 29.1. The summed E-state index contributed by atoms with van der Waals surface area (Å²) in [6, 6.07) is 27.9. The highest BCUT2D eigenvalue weighted by molar-refractivity contribution is 6.39. The summed E-state index contributed by atoms with van der Waals surface area (Å²) in [6.45, 7) is 0. The maximum absolute atomic E-state index is 5.88. The first kappa shape index (κ1) is 27.0. The average Bonchev–Trinajstić information content (AvgIpc) is 3.05. The van der Waals surface area contributed by atoms with Crippen molar-refractivity contribution in [3.05, 3.63) is 128 Å². The number of hydrogen-bond acceptors (Lipinski definition) is 12. The minimum Gasteiger partial charge on any atom is -0.487 e. The van der Waals surface area contributed by atoms with Gasteiger partial charge in [0, 0.05) is 0 Å². The largest absolute Gasteiger partial charge is 0.864 e. The molecule has 3 heterocycles. The van der Waals surface area contributed by atoms with Gasteiger partial charge in [-0.3, -0.25) is 0 Å². The van der Waals surface area contributed by atoms with Gasteiger partial charge in [0.15, 0.2) is 0 Å². The fraction of sp³-hybridized carbons (Fsp3) is 0. The highest BCUT2D eigenvalue weighted by Crippen LogP contribution is 2.23. The van der Waals surface area contributed by atoms with Gasteiger partial charge in [0.2, 0.25) is 0 Å². The Morgan fingerprint density at radius 1 is 0.326 bits per heavy atom. The van der Waals surface area contributed by atoms with Crippen molar-refractivity contribution in [1.29, 1.82) is 0 Å². The molecule has 0 spiro atoms. The maximum Gasteiger partial charge on any atom is 0.864 e. The number of hydrogen-bond donors (Lipinski definition) is 0. The molecular formula is C30H21BN6O6. The minimum absolute atomic E-state index is 0.141. The van der Waals surface area contributed by atoms with Crippen molar-refractivity contribution in [2.45, 2.75) is 0 Å². The molecule has 0 saturated carbocycles. The van der Waals surface area contributed by atoms with Gasteiger partial charge in [-0.1, -0.05) is 54.6 Å². The Morgan fingerprint density at radius 2 is 0.581 bits per heavy atom. The highest BCUT2D eigenvalue weighted by Gasteiger charge is 2.31. The lowest BCUT2D eigenvalue weighted by molar-refractivity contribution is 0.301. The molecule has 0 aliphatic heterocycles. The first-order valence-electron chi connectivity index (χ1n) is 12.9. The van der Waals surface area contributed by atoms with Crippen LogP contribution in [0, 0.1) is 0 Å². The van der Waals surface area contributed by atoms with Gasteiger partial charge in [0.25, 0.3) is 0 Å². The number of ether oxygens (including phenoxy) is 3. The zero-order valence-electron chi connectivity index (χ0n) is 22.3. The van der Waals surface area contributed by atoms with Crippen LogP contribution < -0.4 is 28.2 Å². The zero-order valence-corrected chi connectivity index (χ0v) is 22.3. The van der Waals surface area contributed by atoms with Crippen LogP contribution in [0.3, 0.4) is 0 Å². The molecule has 0 fully saturated rings. The van der Waals surface area contributed by atoms with Crippen molar-refractivity contribution < 1.29 is 28.2 Å². The lowest BCUT2D eigenvalue weighted by Gasteiger charge is -2.16. The molecule has 12 nitrogen and oxygen atoms in total. The lowest BCUT2D eigenvalue weighted by Crippen LogP contribution is -2.37. The summed E-state index contributed by atoms with van der Waals surface area (Å²) in [4.78, 5) is 25.2. The van der Waals surface area contributed by atoms with Crippen molar-refractivity contribution in [2.24, 2.45) is 0 Å². The third kappa shape index (κ3) is 7.92. The van der Waals surface area contributed by atoms with E-state index in [9.17, 15) is 0 Å². The van der Waals surface area contributed by atoms with Crippen LogP contribution >= 0.6 is 0 Å². The van der Waals surface area contributed by atoms with Crippen LogP contribution in [-0.4, -0.2) is 37.2 Å². The van der Waals surface area contributed by atoms with Crippen molar-refractivity contribution >= 4 is 7.32 Å². The second-order valence-electron chi connectivity index (χ2n) is 8.49. The lowest BCUT2D eigenvalue weighted by atomic mass is 10.2. The molecule has 210 valence electrons. The van der Waals surface area contributed by atoms with E-state index in [1.807, 2.05) is 54.6 Å². The molecule has 0 unspecified atom stereocenters. The molecular weight excluding hydrogens is 551 g/mol. The van der Waals surface area contributed by atoms with Crippen LogP contribution in [0.1, 0.15) is 0 Å². The summed E-state index contributed by atoms with van der Waals surface area (Å²) < 4.78 is 34.6.